The van der Waals surface area contributed by atoms with Gasteiger partial charge in [-0.1, -0.05) is 115 Å². The maximum atomic E-state index is 14.0. The molecule has 2 fully saturated rings. The molecule has 63 heavy (non-hydrogen) atoms. The summed E-state index contributed by atoms with van der Waals surface area (Å²) in [4.78, 5) is 54.4. The second-order valence-corrected chi connectivity index (χ2v) is 15.1. The number of rotatable bonds is 16. The molecule has 2 N–H and O–H groups in total. The third kappa shape index (κ3) is 11.8. The smallest absolute Gasteiger partial charge is 0.338 e. The van der Waals surface area contributed by atoms with Crippen molar-refractivity contribution >= 4 is 23.8 Å². The monoisotopic (exact) mass is 859 g/mol. The van der Waals surface area contributed by atoms with Gasteiger partial charge in [-0.2, -0.15) is 0 Å². The number of carbonyl (C=O) groups excluding carboxylic acids is 4. The average molecular weight is 860 g/mol. The van der Waals surface area contributed by atoms with Gasteiger partial charge in [0.05, 0.1) is 36.0 Å². The zero-order valence-electron chi connectivity index (χ0n) is 34.7. The highest BCUT2D eigenvalue weighted by atomic mass is 16.7. The zero-order valence-corrected chi connectivity index (χ0v) is 34.7. The highest BCUT2D eigenvalue weighted by molar-refractivity contribution is 5.91. The van der Waals surface area contributed by atoms with Crippen LogP contribution in [0.2, 0.25) is 0 Å². The van der Waals surface area contributed by atoms with Crippen molar-refractivity contribution in [1.29, 1.82) is 0 Å². The van der Waals surface area contributed by atoms with Crippen LogP contribution < -0.4 is 5.32 Å². The van der Waals surface area contributed by atoms with E-state index in [-0.39, 0.29) is 29.9 Å². The number of ether oxygens (including phenoxy) is 8. The normalized spacial score (nSPS) is 25.6. The summed E-state index contributed by atoms with van der Waals surface area (Å²) in [6, 6.07) is 41.8. The second kappa shape index (κ2) is 21.7. The lowest BCUT2D eigenvalue weighted by molar-refractivity contribution is -0.348. The Morgan fingerprint density at radius 1 is 0.556 bits per heavy atom. The molecule has 328 valence electrons. The molecule has 0 radical (unpaired) electrons. The lowest BCUT2D eigenvalue weighted by atomic mass is 9.94. The molecule has 0 aliphatic carbocycles. The van der Waals surface area contributed by atoms with Crippen LogP contribution in [0.1, 0.15) is 56.0 Å². The van der Waals surface area contributed by atoms with Crippen LogP contribution in [0.3, 0.4) is 0 Å². The molecule has 2 saturated heterocycles. The number of aliphatic hydroxyl groups excluding tert-OH is 1. The summed E-state index contributed by atoms with van der Waals surface area (Å²) in [7, 11) is 0. The first kappa shape index (κ1) is 44.8. The Morgan fingerprint density at radius 2 is 1.00 bits per heavy atom. The van der Waals surface area contributed by atoms with Crippen molar-refractivity contribution in [2.45, 2.75) is 88.4 Å². The van der Waals surface area contributed by atoms with Gasteiger partial charge >= 0.3 is 17.9 Å². The van der Waals surface area contributed by atoms with E-state index < -0.39 is 91.8 Å². The largest absolute Gasteiger partial charge is 0.459 e. The summed E-state index contributed by atoms with van der Waals surface area (Å²) in [5.74, 6) is -2.91. The summed E-state index contributed by atoms with van der Waals surface area (Å²) in [6.45, 7) is 2.60. The van der Waals surface area contributed by atoms with E-state index >= 15 is 0 Å². The van der Waals surface area contributed by atoms with Gasteiger partial charge in [0.2, 0.25) is 5.91 Å². The molecule has 14 nitrogen and oxygen atoms in total. The first-order valence-corrected chi connectivity index (χ1v) is 20.6. The van der Waals surface area contributed by atoms with Crippen molar-refractivity contribution in [2.75, 3.05) is 6.61 Å². The Kier molecular flexibility index (Phi) is 15.4. The van der Waals surface area contributed by atoms with E-state index in [0.717, 1.165) is 11.1 Å². The van der Waals surface area contributed by atoms with Crippen LogP contribution in [0.25, 0.3) is 0 Å². The molecule has 10 atom stereocenters. The summed E-state index contributed by atoms with van der Waals surface area (Å²) >= 11 is 0. The summed E-state index contributed by atoms with van der Waals surface area (Å²) < 4.78 is 50.5. The number of hydrogen-bond donors (Lipinski definition) is 2. The van der Waals surface area contributed by atoms with Crippen LogP contribution >= 0.6 is 0 Å². The van der Waals surface area contributed by atoms with E-state index in [0.29, 0.717) is 0 Å². The van der Waals surface area contributed by atoms with E-state index in [1.807, 2.05) is 60.7 Å². The lowest BCUT2D eigenvalue weighted by Gasteiger charge is -2.49. The van der Waals surface area contributed by atoms with E-state index in [4.69, 9.17) is 37.9 Å². The minimum absolute atomic E-state index is 0.0408. The standard InChI is InChI=1S/C49H49NO13/c1-31-40(56-28-33-18-8-3-9-19-33)43(44(48(55)59-31)57-29-34-20-10-4-11-21-34)63-49-39(50-32(2)51)42(62-47(54)37-26-16-7-17-27-37)41(61-46(53)36-24-14-6-15-25-36)38(60-49)30-58-45(52)35-22-12-5-13-23-35/h3-27,31,38-44,48-49,55H,28-30H2,1-2H3,(H,50,51)/t31-,38+,39-,40-,41+,42+,43+,44+,48+,49-/m0/s1. The number of esters is 3. The molecule has 0 saturated carbocycles. The quantitative estimate of drug-likeness (QED) is 0.0899. The first-order chi connectivity index (χ1) is 30.6. The maximum absolute atomic E-state index is 14.0. The van der Waals surface area contributed by atoms with Gasteiger partial charge in [0.1, 0.15) is 37.1 Å². The third-order valence-electron chi connectivity index (χ3n) is 10.5. The van der Waals surface area contributed by atoms with Crippen molar-refractivity contribution in [2.24, 2.45) is 0 Å². The van der Waals surface area contributed by atoms with Crippen LogP contribution in [0.4, 0.5) is 0 Å². The average Bonchev–Trinajstić information content (AvgIpc) is 3.31. The van der Waals surface area contributed by atoms with Gasteiger partial charge in [-0.25, -0.2) is 14.4 Å². The Morgan fingerprint density at radius 3 is 1.49 bits per heavy atom. The lowest BCUT2D eigenvalue weighted by Crippen LogP contribution is -2.69. The van der Waals surface area contributed by atoms with Gasteiger partial charge in [0, 0.05) is 6.92 Å². The molecule has 5 aromatic rings. The predicted octanol–water partition coefficient (Wildman–Crippen LogP) is 5.82. The first-order valence-electron chi connectivity index (χ1n) is 20.6. The van der Waals surface area contributed by atoms with Crippen molar-refractivity contribution in [3.05, 3.63) is 179 Å². The van der Waals surface area contributed by atoms with Gasteiger partial charge in [-0.3, -0.25) is 4.79 Å². The summed E-state index contributed by atoms with van der Waals surface area (Å²) in [6.07, 6.45) is -11.6. The van der Waals surface area contributed by atoms with E-state index in [1.165, 1.54) is 6.92 Å². The van der Waals surface area contributed by atoms with Crippen LogP contribution in [0, 0.1) is 0 Å². The van der Waals surface area contributed by atoms with Gasteiger partial charge in [0.25, 0.3) is 0 Å². The highest BCUT2D eigenvalue weighted by Gasteiger charge is 2.55. The molecule has 0 aromatic heterocycles. The van der Waals surface area contributed by atoms with Gasteiger partial charge < -0.3 is 48.3 Å². The van der Waals surface area contributed by atoms with E-state index in [1.54, 1.807) is 97.9 Å². The Hall–Kier alpha value is -6.26. The minimum atomic E-state index is -1.55. The zero-order chi connectivity index (χ0) is 44.1. The molecule has 1 amide bonds. The molecule has 0 spiro atoms. The van der Waals surface area contributed by atoms with Crippen LogP contribution in [0.15, 0.2) is 152 Å². The maximum Gasteiger partial charge on any atom is 0.338 e. The third-order valence-corrected chi connectivity index (χ3v) is 10.5. The summed E-state index contributed by atoms with van der Waals surface area (Å²) in [5.41, 5.74) is 2.21. The fourth-order valence-corrected chi connectivity index (χ4v) is 7.41. The number of benzene rings is 5. The second-order valence-electron chi connectivity index (χ2n) is 15.1. The van der Waals surface area contributed by atoms with E-state index in [9.17, 15) is 24.3 Å². The van der Waals surface area contributed by atoms with Gasteiger partial charge in [0.15, 0.2) is 24.8 Å². The van der Waals surface area contributed by atoms with Crippen molar-refractivity contribution < 1.29 is 62.2 Å². The molecule has 0 unspecified atom stereocenters. The van der Waals surface area contributed by atoms with Crippen LogP contribution in [-0.2, 0) is 55.9 Å². The fourth-order valence-electron chi connectivity index (χ4n) is 7.41. The Labute approximate surface area is 364 Å². The molecule has 2 heterocycles. The number of nitrogens with one attached hydrogen (secondary N) is 1. The molecule has 2 aliphatic heterocycles. The number of aliphatic hydroxyl groups is 1. The van der Waals surface area contributed by atoms with Crippen molar-refractivity contribution in [3.8, 4) is 0 Å². The van der Waals surface area contributed by atoms with Gasteiger partial charge in [-0.15, -0.1) is 0 Å². The number of hydrogen-bond acceptors (Lipinski definition) is 13. The summed E-state index contributed by atoms with van der Waals surface area (Å²) in [5, 5.41) is 14.3. The van der Waals surface area contributed by atoms with Crippen molar-refractivity contribution in [3.63, 3.8) is 0 Å². The molecule has 0 bridgehead atoms. The predicted molar refractivity (Wildman–Crippen MR) is 226 cm³/mol. The molecule has 2 aliphatic rings. The van der Waals surface area contributed by atoms with Crippen LogP contribution in [0.5, 0.6) is 0 Å². The number of carbonyl (C=O) groups is 4. The molecule has 7 rings (SSSR count). The number of amides is 1. The topological polar surface area (TPSA) is 174 Å². The van der Waals surface area contributed by atoms with Crippen molar-refractivity contribution in [1.82, 2.24) is 5.32 Å². The van der Waals surface area contributed by atoms with E-state index in [2.05, 4.69) is 5.32 Å². The minimum Gasteiger partial charge on any atom is -0.459 e. The molecular formula is C49H49NO13. The molecular weight excluding hydrogens is 811 g/mol. The van der Waals surface area contributed by atoms with Crippen LogP contribution in [-0.4, -0.2) is 96.9 Å². The Balaban J connectivity index is 1.29. The Bertz CT molecular complexity index is 2180. The molecule has 14 heteroatoms. The van der Waals surface area contributed by atoms with Gasteiger partial charge in [-0.05, 0) is 54.4 Å². The molecule has 5 aromatic carbocycles. The highest BCUT2D eigenvalue weighted by Crippen LogP contribution is 2.35. The fraction of sp³-hybridized carbons (Fsp3) is 0.306. The SMILES string of the molecule is CC(=O)N[C@@H]1[C@H](O[C@@H]2[C@@H](OCc3ccccc3)[C@H](C)O[C@@H](O)[C@@H]2OCc2ccccc2)O[C@H](COC(=O)c2ccccc2)[C@@H](OC(=O)c2ccccc2)[C@@H]1OC(=O)c1ccccc1.